The molecule has 0 unspecified atom stereocenters. The van der Waals surface area contributed by atoms with Gasteiger partial charge in [-0.15, -0.1) is 12.1 Å². The van der Waals surface area contributed by atoms with Gasteiger partial charge in [-0.2, -0.15) is 48.5 Å². The fourth-order valence-electron chi connectivity index (χ4n) is 11.6. The zero-order chi connectivity index (χ0) is 67.3. The van der Waals surface area contributed by atoms with Crippen molar-refractivity contribution in [3.63, 3.8) is 0 Å². The van der Waals surface area contributed by atoms with Crippen molar-refractivity contribution in [2.75, 3.05) is 0 Å². The van der Waals surface area contributed by atoms with Gasteiger partial charge in [0.05, 0.1) is 0 Å². The normalized spacial score (nSPS) is 9.92. The molecule has 0 spiro atoms. The molecule has 2 aromatic heterocycles. The minimum atomic E-state index is 0. The molecular weight excluding hydrogens is 1230 g/mol. The van der Waals surface area contributed by atoms with E-state index in [0.717, 1.165) is 30.4 Å². The van der Waals surface area contributed by atoms with E-state index < -0.39 is 0 Å². The molecule has 1 radical (unpaired) electrons. The molecule has 0 saturated carbocycles. The largest absolute Gasteiger partial charge is 0.344 e. The molecule has 0 N–H and O–H groups in total. The third kappa shape index (κ3) is 21.2. The second-order valence-electron chi connectivity index (χ2n) is 20.2. The van der Waals surface area contributed by atoms with Gasteiger partial charge in [0.2, 0.25) is 0 Å². The SMILES string of the molecule is C.C.CC.CC.CC.CC.CC.CC.CC.Cn1c2ccccc2c2ccccc21.Cn1c2ccccc2c2ccccc21.[Y].[c-]1ccccc1-c1[c-]cccc1.c1ccc2c(c1)Cc1ccccc1-2.c1ccc2c(c1)Cc1ccccc1-2.c1ccc2c(c1)Cc1ccccc1-2. The molecule has 0 bridgehead atoms. The summed E-state index contributed by atoms with van der Waals surface area (Å²) >= 11 is 0. The van der Waals surface area contributed by atoms with E-state index in [1.165, 1.54) is 110 Å². The molecule has 497 valence electrons. The van der Waals surface area contributed by atoms with Crippen molar-refractivity contribution in [3.8, 4) is 44.5 Å². The Bertz CT molecular complexity index is 3780. The number of fused-ring (bicyclic) bond motifs is 15. The van der Waals surface area contributed by atoms with Crippen LogP contribution >= 0.6 is 0 Å². The summed E-state index contributed by atoms with van der Waals surface area (Å²) in [6.07, 6.45) is 3.31. The molecular formula is C93H110N2Y-2. The van der Waals surface area contributed by atoms with Crippen LogP contribution in [0.3, 0.4) is 0 Å². The van der Waals surface area contributed by atoms with Crippen LogP contribution in [0.4, 0.5) is 0 Å². The van der Waals surface area contributed by atoms with Crippen LogP contribution < -0.4 is 0 Å². The van der Waals surface area contributed by atoms with E-state index in [0.29, 0.717) is 0 Å². The minimum absolute atomic E-state index is 0. The van der Waals surface area contributed by atoms with E-state index in [4.69, 9.17) is 0 Å². The monoisotopic (exact) mass is 1340 g/mol. The molecule has 12 aromatic carbocycles. The maximum Gasteiger partial charge on any atom is 0.0488 e. The average molecular weight is 1340 g/mol. The molecule has 3 aliphatic rings. The first kappa shape index (κ1) is 83.4. The van der Waals surface area contributed by atoms with Crippen molar-refractivity contribution >= 4 is 43.6 Å². The number of hydrogen-bond acceptors (Lipinski definition) is 0. The molecule has 17 rings (SSSR count). The van der Waals surface area contributed by atoms with E-state index in [1.54, 1.807) is 0 Å². The third-order valence-corrected chi connectivity index (χ3v) is 15.5. The summed E-state index contributed by atoms with van der Waals surface area (Å²) in [6, 6.07) is 108. The first-order valence-electron chi connectivity index (χ1n) is 34.3. The van der Waals surface area contributed by atoms with Crippen molar-refractivity contribution in [2.24, 2.45) is 14.1 Å². The second-order valence-corrected chi connectivity index (χ2v) is 20.2. The van der Waals surface area contributed by atoms with Gasteiger partial charge in [0.1, 0.15) is 0 Å². The Balaban J connectivity index is 0.000000376. The molecule has 3 aliphatic carbocycles. The molecule has 0 saturated heterocycles. The zero-order valence-corrected chi connectivity index (χ0v) is 62.1. The van der Waals surface area contributed by atoms with Gasteiger partial charge in [-0.1, -0.05) is 330 Å². The van der Waals surface area contributed by atoms with E-state index >= 15 is 0 Å². The molecule has 0 fully saturated rings. The first-order valence-corrected chi connectivity index (χ1v) is 34.3. The van der Waals surface area contributed by atoms with Crippen molar-refractivity contribution in [1.29, 1.82) is 0 Å². The molecule has 0 amide bonds. The van der Waals surface area contributed by atoms with Crippen LogP contribution in [-0.4, -0.2) is 9.13 Å². The zero-order valence-electron chi connectivity index (χ0n) is 59.3. The van der Waals surface area contributed by atoms with Crippen LogP contribution in [-0.2, 0) is 66.1 Å². The van der Waals surface area contributed by atoms with Crippen molar-refractivity contribution < 1.29 is 32.7 Å². The van der Waals surface area contributed by atoms with E-state index in [2.05, 4.69) is 278 Å². The molecule has 2 heterocycles. The van der Waals surface area contributed by atoms with Crippen molar-refractivity contribution in [1.82, 2.24) is 9.13 Å². The standard InChI is InChI=1S/2C13H11N.3C13H10.C12H8.7C2H6.2CH4.Y/c2*1-14-12-8-4-2-6-10(12)11-7-3-5-9-13(11)14;3*1-3-7-12-10(5-1)9-11-6-2-4-8-13(11)12;1-3-7-11(8-4-1)12-9-5-2-6-10-12;7*1-2;;;/h2*2-9H,1H3;3*1-8H,9H2;1-7,9H;7*1-2H3;2*1H4;/q;;;;;-2;;;;;;;;;;. The van der Waals surface area contributed by atoms with Crippen LogP contribution in [0.5, 0.6) is 0 Å². The maximum atomic E-state index is 3.15. The fraction of sp³-hybridized carbons (Fsp3) is 0.226. The number of aromatic nitrogens is 2. The molecule has 96 heavy (non-hydrogen) atoms. The summed E-state index contributed by atoms with van der Waals surface area (Å²) in [5.41, 5.74) is 24.6. The van der Waals surface area contributed by atoms with E-state index in [-0.39, 0.29) is 47.6 Å². The number of hydrogen-bond donors (Lipinski definition) is 0. The Morgan fingerprint density at radius 2 is 0.385 bits per heavy atom. The number of para-hydroxylation sites is 4. The van der Waals surface area contributed by atoms with Gasteiger partial charge in [-0.05, 0) is 110 Å². The summed E-state index contributed by atoms with van der Waals surface area (Å²) in [5.74, 6) is 0. The number of aryl methyl sites for hydroxylation is 2. The Morgan fingerprint density at radius 1 is 0.219 bits per heavy atom. The maximum absolute atomic E-state index is 3.15. The van der Waals surface area contributed by atoms with Gasteiger partial charge in [-0.3, -0.25) is 0 Å². The van der Waals surface area contributed by atoms with Gasteiger partial charge in [0.15, 0.2) is 0 Å². The first-order chi connectivity index (χ1) is 46.1. The Labute approximate surface area is 607 Å². The topological polar surface area (TPSA) is 9.86 Å². The van der Waals surface area contributed by atoms with Gasteiger partial charge in [-0.25, -0.2) is 11.1 Å². The van der Waals surface area contributed by atoms with E-state index in [1.807, 2.05) is 145 Å². The summed E-state index contributed by atoms with van der Waals surface area (Å²) < 4.78 is 4.48. The smallest absolute Gasteiger partial charge is 0.0488 e. The van der Waals surface area contributed by atoms with Gasteiger partial charge >= 0.3 is 0 Å². The van der Waals surface area contributed by atoms with E-state index in [9.17, 15) is 0 Å². The number of rotatable bonds is 1. The predicted octanol–water partition coefficient (Wildman–Crippen LogP) is 27.8. The summed E-state index contributed by atoms with van der Waals surface area (Å²) in [4.78, 5) is 0. The summed E-state index contributed by atoms with van der Waals surface area (Å²) in [5, 5.41) is 5.35. The van der Waals surface area contributed by atoms with Crippen LogP contribution in [0.25, 0.3) is 88.1 Å². The summed E-state index contributed by atoms with van der Waals surface area (Å²) in [7, 11) is 4.23. The Kier molecular flexibility index (Phi) is 40.4. The fourth-order valence-corrected chi connectivity index (χ4v) is 11.6. The summed E-state index contributed by atoms with van der Waals surface area (Å²) in [6.45, 7) is 28.0. The van der Waals surface area contributed by atoms with Crippen LogP contribution in [0.15, 0.2) is 291 Å². The molecule has 0 atom stereocenters. The molecule has 0 aliphatic heterocycles. The van der Waals surface area contributed by atoms with Gasteiger partial charge in [0.25, 0.3) is 0 Å². The Morgan fingerprint density at radius 3 is 0.573 bits per heavy atom. The van der Waals surface area contributed by atoms with Crippen LogP contribution in [0.1, 0.15) is 145 Å². The van der Waals surface area contributed by atoms with Gasteiger partial charge in [0, 0.05) is 90.4 Å². The second kappa shape index (κ2) is 46.5. The van der Waals surface area contributed by atoms with Crippen LogP contribution in [0.2, 0.25) is 0 Å². The quantitative estimate of drug-likeness (QED) is 0.145. The Hall–Kier alpha value is -8.66. The molecule has 14 aromatic rings. The average Bonchev–Trinajstić information content (AvgIpc) is 1.66. The predicted molar refractivity (Wildman–Crippen MR) is 427 cm³/mol. The third-order valence-electron chi connectivity index (χ3n) is 15.5. The van der Waals surface area contributed by atoms with Crippen molar-refractivity contribution in [3.05, 3.63) is 337 Å². The number of nitrogens with zero attached hydrogens (tertiary/aromatic N) is 2. The molecule has 2 nitrogen and oxygen atoms in total. The molecule has 3 heteroatoms. The van der Waals surface area contributed by atoms with Gasteiger partial charge < -0.3 is 9.13 Å². The number of benzene rings is 12. The van der Waals surface area contributed by atoms with Crippen molar-refractivity contribution in [2.45, 2.75) is 131 Å². The van der Waals surface area contributed by atoms with Crippen LogP contribution in [0, 0.1) is 12.1 Å². The minimum Gasteiger partial charge on any atom is -0.344 e.